The van der Waals surface area contributed by atoms with E-state index in [2.05, 4.69) is 10.6 Å². The molecule has 3 aromatic carbocycles. The number of anilines is 1. The summed E-state index contributed by atoms with van der Waals surface area (Å²) >= 11 is 0. The fourth-order valence-corrected chi connectivity index (χ4v) is 6.54. The van der Waals surface area contributed by atoms with E-state index in [1.807, 2.05) is 105 Å². The second-order valence-corrected chi connectivity index (χ2v) is 12.3. The summed E-state index contributed by atoms with van der Waals surface area (Å²) in [6.07, 6.45) is -0.360. The molecule has 3 N–H and O–H groups in total. The lowest BCUT2D eigenvalue weighted by Gasteiger charge is -2.30. The molecule has 2 fully saturated rings. The van der Waals surface area contributed by atoms with Crippen LogP contribution in [0.3, 0.4) is 0 Å². The van der Waals surface area contributed by atoms with Crippen LogP contribution in [0.5, 0.6) is 0 Å². The molecule has 45 heavy (non-hydrogen) atoms. The van der Waals surface area contributed by atoms with Gasteiger partial charge in [-0.1, -0.05) is 78.9 Å². The van der Waals surface area contributed by atoms with Crippen molar-refractivity contribution in [3.63, 3.8) is 0 Å². The van der Waals surface area contributed by atoms with Gasteiger partial charge in [0.15, 0.2) is 6.29 Å². The molecule has 0 aromatic heterocycles. The Morgan fingerprint density at radius 1 is 0.911 bits per heavy atom. The van der Waals surface area contributed by atoms with Gasteiger partial charge in [-0.05, 0) is 61.8 Å². The summed E-state index contributed by atoms with van der Waals surface area (Å²) in [7, 11) is 1.91. The van der Waals surface area contributed by atoms with Crippen LogP contribution in [-0.4, -0.2) is 74.5 Å². The SMILES string of the molecule is Cc1cccc(C)c1N(C)CC(=O)N[C@@H](Cc1ccccc1)C[C@H](O)[C@H](Cc1ccccc1)NC(=O)O[C@H]1COC2OCCC21. The minimum atomic E-state index is -0.967. The zero-order chi connectivity index (χ0) is 31.8. The third-order valence-electron chi connectivity index (χ3n) is 8.73. The van der Waals surface area contributed by atoms with Crippen molar-refractivity contribution in [1.82, 2.24) is 10.6 Å². The predicted molar refractivity (Wildman–Crippen MR) is 173 cm³/mol. The highest BCUT2D eigenvalue weighted by molar-refractivity contribution is 5.82. The molecule has 9 nitrogen and oxygen atoms in total. The lowest BCUT2D eigenvalue weighted by molar-refractivity contribution is -0.120. The van der Waals surface area contributed by atoms with E-state index in [0.29, 0.717) is 19.4 Å². The Kier molecular flexibility index (Phi) is 11.1. The van der Waals surface area contributed by atoms with Crippen LogP contribution in [-0.2, 0) is 31.8 Å². The smallest absolute Gasteiger partial charge is 0.407 e. The van der Waals surface area contributed by atoms with E-state index in [-0.39, 0.29) is 43.7 Å². The largest absolute Gasteiger partial charge is 0.443 e. The normalized spacial score (nSPS) is 20.9. The van der Waals surface area contributed by atoms with Crippen LogP contribution in [0.1, 0.15) is 35.1 Å². The van der Waals surface area contributed by atoms with E-state index < -0.39 is 24.3 Å². The van der Waals surface area contributed by atoms with Gasteiger partial charge in [-0.2, -0.15) is 0 Å². The van der Waals surface area contributed by atoms with E-state index in [1.165, 1.54) is 0 Å². The number of ether oxygens (including phenoxy) is 3. The number of fused-ring (bicyclic) bond motifs is 1. The third-order valence-corrected chi connectivity index (χ3v) is 8.73. The molecule has 0 spiro atoms. The van der Waals surface area contributed by atoms with Gasteiger partial charge in [-0.25, -0.2) is 4.79 Å². The number of rotatable bonds is 13. The number of aliphatic hydroxyl groups is 1. The average molecular weight is 616 g/mol. The number of aliphatic hydroxyl groups excluding tert-OH is 1. The number of hydrogen-bond acceptors (Lipinski definition) is 7. The van der Waals surface area contributed by atoms with E-state index in [1.54, 1.807) is 0 Å². The molecule has 2 unspecified atom stereocenters. The fraction of sp³-hybridized carbons (Fsp3) is 0.444. The maximum Gasteiger partial charge on any atom is 0.407 e. The molecule has 6 atom stereocenters. The van der Waals surface area contributed by atoms with Crippen LogP contribution in [0, 0.1) is 19.8 Å². The summed E-state index contributed by atoms with van der Waals surface area (Å²) in [4.78, 5) is 28.5. The van der Waals surface area contributed by atoms with Crippen LogP contribution in [0.4, 0.5) is 10.5 Å². The van der Waals surface area contributed by atoms with Gasteiger partial charge in [0.2, 0.25) is 5.91 Å². The first-order chi connectivity index (χ1) is 21.8. The van der Waals surface area contributed by atoms with Gasteiger partial charge in [0.1, 0.15) is 6.10 Å². The Balaban J connectivity index is 1.28. The molecule has 5 rings (SSSR count). The molecular formula is C36H45N3O6. The van der Waals surface area contributed by atoms with Crippen molar-refractivity contribution in [1.29, 1.82) is 0 Å². The second kappa shape index (κ2) is 15.4. The first-order valence-corrected chi connectivity index (χ1v) is 15.8. The summed E-state index contributed by atoms with van der Waals surface area (Å²) in [5.41, 5.74) is 5.24. The number of aryl methyl sites for hydroxylation is 2. The molecular weight excluding hydrogens is 570 g/mol. The topological polar surface area (TPSA) is 109 Å². The number of para-hydroxylation sites is 1. The summed E-state index contributed by atoms with van der Waals surface area (Å²) in [5.74, 6) is -0.130. The zero-order valence-corrected chi connectivity index (χ0v) is 26.4. The highest BCUT2D eigenvalue weighted by Gasteiger charge is 2.44. The molecule has 0 saturated carbocycles. The van der Waals surface area contributed by atoms with E-state index >= 15 is 0 Å². The van der Waals surface area contributed by atoms with Crippen LogP contribution in [0.15, 0.2) is 78.9 Å². The number of nitrogens with one attached hydrogen (secondary N) is 2. The Labute approximate surface area is 265 Å². The van der Waals surface area contributed by atoms with E-state index in [9.17, 15) is 14.7 Å². The zero-order valence-electron chi connectivity index (χ0n) is 26.4. The number of hydrogen-bond donors (Lipinski definition) is 3. The van der Waals surface area contributed by atoms with Gasteiger partial charge in [0, 0.05) is 18.8 Å². The van der Waals surface area contributed by atoms with Crippen molar-refractivity contribution in [2.45, 2.75) is 70.1 Å². The standard InChI is InChI=1S/C36H45N3O6/c1-24-11-10-12-25(2)34(24)39(3)22-33(41)37-28(19-26-13-6-4-7-14-26)21-31(40)30(20-27-15-8-5-9-16-27)38-36(42)45-32-23-44-35-29(32)17-18-43-35/h4-16,28-32,35,40H,17-23H2,1-3H3,(H,37,41)(H,38,42)/t28-,29?,30-,31-,32-,35?/m0/s1. The molecule has 2 aliphatic heterocycles. The van der Waals surface area contributed by atoms with Crippen LogP contribution < -0.4 is 15.5 Å². The second-order valence-electron chi connectivity index (χ2n) is 12.3. The minimum Gasteiger partial charge on any atom is -0.443 e. The molecule has 2 amide bonds. The highest BCUT2D eigenvalue weighted by Crippen LogP contribution is 2.33. The Morgan fingerprint density at radius 3 is 2.22 bits per heavy atom. The lowest BCUT2D eigenvalue weighted by Crippen LogP contribution is -2.50. The Bertz CT molecular complexity index is 1380. The van der Waals surface area contributed by atoms with Crippen molar-refractivity contribution in [2.75, 3.05) is 31.7 Å². The van der Waals surface area contributed by atoms with Gasteiger partial charge < -0.3 is 34.9 Å². The number of benzene rings is 3. The Hall–Kier alpha value is -3.92. The minimum absolute atomic E-state index is 0.0142. The third kappa shape index (κ3) is 8.84. The lowest BCUT2D eigenvalue weighted by atomic mass is 9.93. The Morgan fingerprint density at radius 2 is 1.56 bits per heavy atom. The summed E-state index contributed by atoms with van der Waals surface area (Å²) in [5, 5.41) is 17.8. The van der Waals surface area contributed by atoms with Gasteiger partial charge in [0.25, 0.3) is 0 Å². The number of amides is 2. The maximum atomic E-state index is 13.4. The predicted octanol–water partition coefficient (Wildman–Crippen LogP) is 4.32. The molecule has 3 aromatic rings. The number of likely N-dealkylation sites (N-methyl/N-ethyl adjacent to an activating group) is 1. The first kappa shape index (κ1) is 32.5. The molecule has 0 aliphatic carbocycles. The van der Waals surface area contributed by atoms with Crippen molar-refractivity contribution in [3.05, 3.63) is 101 Å². The highest BCUT2D eigenvalue weighted by atomic mass is 16.7. The van der Waals surface area contributed by atoms with Crippen molar-refractivity contribution < 1.29 is 28.9 Å². The average Bonchev–Trinajstić information content (AvgIpc) is 3.63. The first-order valence-electron chi connectivity index (χ1n) is 15.8. The van der Waals surface area contributed by atoms with Gasteiger partial charge in [-0.15, -0.1) is 0 Å². The van der Waals surface area contributed by atoms with Crippen LogP contribution in [0.2, 0.25) is 0 Å². The van der Waals surface area contributed by atoms with Crippen molar-refractivity contribution >= 4 is 17.7 Å². The molecule has 0 bridgehead atoms. The monoisotopic (exact) mass is 615 g/mol. The van der Waals surface area contributed by atoms with Gasteiger partial charge in [-0.3, -0.25) is 4.79 Å². The maximum absolute atomic E-state index is 13.4. The molecule has 2 heterocycles. The summed E-state index contributed by atoms with van der Waals surface area (Å²) < 4.78 is 17.0. The van der Waals surface area contributed by atoms with E-state index in [0.717, 1.165) is 34.4 Å². The number of alkyl carbamates (subject to hydrolysis) is 1. The fourth-order valence-electron chi connectivity index (χ4n) is 6.54. The molecule has 0 radical (unpaired) electrons. The number of nitrogens with zero attached hydrogens (tertiary/aromatic N) is 1. The van der Waals surface area contributed by atoms with E-state index in [4.69, 9.17) is 14.2 Å². The summed E-state index contributed by atoms with van der Waals surface area (Å²) in [6.45, 7) is 5.11. The van der Waals surface area contributed by atoms with Gasteiger partial charge >= 0.3 is 6.09 Å². The molecule has 2 aliphatic rings. The van der Waals surface area contributed by atoms with Crippen molar-refractivity contribution in [2.24, 2.45) is 5.92 Å². The van der Waals surface area contributed by atoms with Crippen LogP contribution in [0.25, 0.3) is 0 Å². The number of carbonyl (C=O) groups is 2. The van der Waals surface area contributed by atoms with Gasteiger partial charge in [0.05, 0.1) is 37.8 Å². The van der Waals surface area contributed by atoms with Crippen LogP contribution >= 0.6 is 0 Å². The number of carbonyl (C=O) groups excluding carboxylic acids is 2. The summed E-state index contributed by atoms with van der Waals surface area (Å²) in [6, 6.07) is 24.7. The molecule has 2 saturated heterocycles. The molecule has 9 heteroatoms. The quantitative estimate of drug-likeness (QED) is 0.263. The molecule has 240 valence electrons. The van der Waals surface area contributed by atoms with Crippen molar-refractivity contribution in [3.8, 4) is 0 Å².